The van der Waals surface area contributed by atoms with Gasteiger partial charge >= 0.3 is 0 Å². The van der Waals surface area contributed by atoms with Crippen LogP contribution in [0, 0.1) is 13.8 Å². The first kappa shape index (κ1) is 10.8. The van der Waals surface area contributed by atoms with Gasteiger partial charge < -0.3 is 10.2 Å². The largest absolute Gasteiger partial charge is 0.440 e. The van der Waals surface area contributed by atoms with Crippen LogP contribution in [-0.4, -0.2) is 10.5 Å². The van der Waals surface area contributed by atoms with E-state index in [1.165, 1.54) is 12.0 Å². The van der Waals surface area contributed by atoms with E-state index in [0.29, 0.717) is 0 Å². The predicted molar refractivity (Wildman–Crippen MR) is 68.0 cm³/mol. The van der Waals surface area contributed by atoms with Gasteiger partial charge in [0, 0.05) is 12.0 Å². The number of nitrogens with two attached hydrogens (primary N) is 1. The minimum absolute atomic E-state index is 0.0656. The third kappa shape index (κ3) is 1.84. The Morgan fingerprint density at radius 1 is 1.35 bits per heavy atom. The van der Waals surface area contributed by atoms with Gasteiger partial charge in [-0.2, -0.15) is 0 Å². The van der Waals surface area contributed by atoms with Gasteiger partial charge in [0.25, 0.3) is 0 Å². The molecule has 3 heteroatoms. The van der Waals surface area contributed by atoms with E-state index < -0.39 is 0 Å². The molecule has 90 valence electrons. The second-order valence-electron chi connectivity index (χ2n) is 5.43. The standard InChI is InChI=1S/C14H18N2O/c1-9-6-10(2)13-11(7-9)16-12(17-13)8-14(15)4-3-5-14/h6-7H,3-5,8,15H2,1-2H3. The molecule has 1 fully saturated rings. The Morgan fingerprint density at radius 3 is 2.76 bits per heavy atom. The summed E-state index contributed by atoms with van der Waals surface area (Å²) in [5, 5.41) is 0. The molecule has 3 nitrogen and oxygen atoms in total. The minimum atomic E-state index is -0.0656. The summed E-state index contributed by atoms with van der Waals surface area (Å²) in [7, 11) is 0. The van der Waals surface area contributed by atoms with Crippen LogP contribution in [0.25, 0.3) is 11.1 Å². The number of rotatable bonds is 2. The van der Waals surface area contributed by atoms with Crippen LogP contribution < -0.4 is 5.73 Å². The SMILES string of the molecule is Cc1cc(C)c2oc(CC3(N)CCC3)nc2c1. The van der Waals surface area contributed by atoms with Crippen LogP contribution in [0.2, 0.25) is 0 Å². The van der Waals surface area contributed by atoms with Gasteiger partial charge in [0.15, 0.2) is 11.5 Å². The first-order valence-corrected chi connectivity index (χ1v) is 6.21. The molecule has 2 N–H and O–H groups in total. The van der Waals surface area contributed by atoms with Crippen LogP contribution in [0.5, 0.6) is 0 Å². The van der Waals surface area contributed by atoms with E-state index in [1.807, 2.05) is 0 Å². The van der Waals surface area contributed by atoms with Crippen LogP contribution in [0.1, 0.15) is 36.3 Å². The fraction of sp³-hybridized carbons (Fsp3) is 0.500. The first-order valence-electron chi connectivity index (χ1n) is 6.21. The van der Waals surface area contributed by atoms with Crippen LogP contribution in [0.4, 0.5) is 0 Å². The molecule has 1 heterocycles. The lowest BCUT2D eigenvalue weighted by Crippen LogP contribution is -2.48. The van der Waals surface area contributed by atoms with E-state index in [4.69, 9.17) is 10.2 Å². The number of oxazole rings is 1. The maximum Gasteiger partial charge on any atom is 0.197 e. The highest BCUT2D eigenvalue weighted by atomic mass is 16.3. The Morgan fingerprint density at radius 2 is 2.12 bits per heavy atom. The fourth-order valence-corrected chi connectivity index (χ4v) is 2.61. The lowest BCUT2D eigenvalue weighted by atomic mass is 9.75. The van der Waals surface area contributed by atoms with Gasteiger partial charge in [-0.05, 0) is 50.3 Å². The summed E-state index contributed by atoms with van der Waals surface area (Å²) in [6.45, 7) is 4.14. The normalized spacial score (nSPS) is 18.3. The lowest BCUT2D eigenvalue weighted by Gasteiger charge is -2.36. The number of hydrogen-bond donors (Lipinski definition) is 1. The maximum absolute atomic E-state index is 6.22. The number of aromatic nitrogens is 1. The van der Waals surface area contributed by atoms with Crippen molar-refractivity contribution < 1.29 is 4.42 Å². The van der Waals surface area contributed by atoms with Crippen molar-refractivity contribution in [3.8, 4) is 0 Å². The van der Waals surface area contributed by atoms with Crippen molar-refractivity contribution in [3.05, 3.63) is 29.2 Å². The lowest BCUT2D eigenvalue weighted by molar-refractivity contribution is 0.232. The molecule has 0 unspecified atom stereocenters. The Hall–Kier alpha value is -1.35. The molecule has 2 aromatic rings. The van der Waals surface area contributed by atoms with Crippen molar-refractivity contribution in [3.63, 3.8) is 0 Å². The average molecular weight is 230 g/mol. The molecule has 1 aromatic carbocycles. The number of nitrogens with zero attached hydrogens (tertiary/aromatic N) is 1. The van der Waals surface area contributed by atoms with Crippen LogP contribution >= 0.6 is 0 Å². The van der Waals surface area contributed by atoms with Crippen LogP contribution in [0.15, 0.2) is 16.5 Å². The second-order valence-corrected chi connectivity index (χ2v) is 5.43. The van der Waals surface area contributed by atoms with Gasteiger partial charge in [0.05, 0.1) is 0 Å². The summed E-state index contributed by atoms with van der Waals surface area (Å²) >= 11 is 0. The summed E-state index contributed by atoms with van der Waals surface area (Å²) < 4.78 is 5.83. The van der Waals surface area contributed by atoms with Crippen molar-refractivity contribution in [2.45, 2.75) is 45.1 Å². The molecule has 1 aromatic heterocycles. The Labute approximate surface area is 101 Å². The number of benzene rings is 1. The average Bonchev–Trinajstić information content (AvgIpc) is 2.58. The molecule has 0 bridgehead atoms. The maximum atomic E-state index is 6.22. The van der Waals surface area contributed by atoms with Gasteiger partial charge in [0.1, 0.15) is 5.52 Å². The van der Waals surface area contributed by atoms with Crippen molar-refractivity contribution in [1.82, 2.24) is 4.98 Å². The quantitative estimate of drug-likeness (QED) is 0.863. The third-order valence-corrected chi connectivity index (χ3v) is 3.72. The van der Waals surface area contributed by atoms with E-state index in [1.54, 1.807) is 0 Å². The molecule has 0 amide bonds. The fourth-order valence-electron chi connectivity index (χ4n) is 2.61. The van der Waals surface area contributed by atoms with Gasteiger partial charge in [0.2, 0.25) is 0 Å². The Balaban J connectivity index is 1.99. The molecule has 0 spiro atoms. The topological polar surface area (TPSA) is 52.0 Å². The highest BCUT2D eigenvalue weighted by molar-refractivity contribution is 5.77. The minimum Gasteiger partial charge on any atom is -0.440 e. The monoisotopic (exact) mass is 230 g/mol. The number of hydrogen-bond acceptors (Lipinski definition) is 3. The van der Waals surface area contributed by atoms with Crippen LogP contribution in [0.3, 0.4) is 0 Å². The molecule has 17 heavy (non-hydrogen) atoms. The predicted octanol–water partition coefficient (Wildman–Crippen LogP) is 2.87. The molecule has 0 aliphatic heterocycles. The Kier molecular flexibility index (Phi) is 2.26. The van der Waals surface area contributed by atoms with Crippen LogP contribution in [-0.2, 0) is 6.42 Å². The van der Waals surface area contributed by atoms with Crippen molar-refractivity contribution in [2.75, 3.05) is 0 Å². The molecule has 3 rings (SSSR count). The zero-order chi connectivity index (χ0) is 12.0. The zero-order valence-corrected chi connectivity index (χ0v) is 10.4. The molecule has 0 saturated heterocycles. The molecule has 1 saturated carbocycles. The summed E-state index contributed by atoms with van der Waals surface area (Å²) in [5.41, 5.74) is 10.4. The van der Waals surface area contributed by atoms with Crippen molar-refractivity contribution in [2.24, 2.45) is 5.73 Å². The van der Waals surface area contributed by atoms with E-state index in [2.05, 4.69) is 31.0 Å². The van der Waals surface area contributed by atoms with E-state index in [9.17, 15) is 0 Å². The first-order chi connectivity index (χ1) is 8.06. The molecule has 0 atom stereocenters. The molecular formula is C14H18N2O. The smallest absolute Gasteiger partial charge is 0.197 e. The number of aryl methyl sites for hydroxylation is 2. The summed E-state index contributed by atoms with van der Waals surface area (Å²) in [6.07, 6.45) is 4.17. The summed E-state index contributed by atoms with van der Waals surface area (Å²) in [6, 6.07) is 4.19. The molecule has 1 aliphatic rings. The van der Waals surface area contributed by atoms with Gasteiger partial charge in [-0.1, -0.05) is 6.07 Å². The molecule has 1 aliphatic carbocycles. The van der Waals surface area contributed by atoms with Crippen molar-refractivity contribution in [1.29, 1.82) is 0 Å². The molecular weight excluding hydrogens is 212 g/mol. The highest BCUT2D eigenvalue weighted by Gasteiger charge is 2.34. The molecule has 0 radical (unpaired) electrons. The van der Waals surface area contributed by atoms with E-state index in [0.717, 1.165) is 41.8 Å². The van der Waals surface area contributed by atoms with E-state index >= 15 is 0 Å². The van der Waals surface area contributed by atoms with E-state index in [-0.39, 0.29) is 5.54 Å². The third-order valence-electron chi connectivity index (χ3n) is 3.72. The summed E-state index contributed by atoms with van der Waals surface area (Å²) in [5.74, 6) is 0.788. The number of fused-ring (bicyclic) bond motifs is 1. The van der Waals surface area contributed by atoms with Gasteiger partial charge in [-0.15, -0.1) is 0 Å². The van der Waals surface area contributed by atoms with Gasteiger partial charge in [-0.3, -0.25) is 0 Å². The second kappa shape index (κ2) is 3.57. The van der Waals surface area contributed by atoms with Crippen molar-refractivity contribution >= 4 is 11.1 Å². The zero-order valence-electron chi connectivity index (χ0n) is 10.4. The Bertz CT molecular complexity index is 567. The summed E-state index contributed by atoms with van der Waals surface area (Å²) in [4.78, 5) is 4.55. The van der Waals surface area contributed by atoms with Gasteiger partial charge in [-0.25, -0.2) is 4.98 Å². The highest BCUT2D eigenvalue weighted by Crippen LogP contribution is 2.33.